The Kier molecular flexibility index (Phi) is 6.74. The van der Waals surface area contributed by atoms with Crippen LogP contribution in [0.15, 0.2) is 0 Å². The van der Waals surface area contributed by atoms with Crippen molar-refractivity contribution in [2.24, 2.45) is 5.92 Å². The number of piperidine rings is 1. The number of nitrogens with one attached hydrogen (secondary N) is 1. The monoisotopic (exact) mass is 264 g/mol. The summed E-state index contributed by atoms with van der Waals surface area (Å²) in [6.07, 6.45) is 3.18. The molecule has 0 radical (unpaired) electrons. The van der Waals surface area contributed by atoms with Crippen LogP contribution in [0.2, 0.25) is 0 Å². The molecule has 0 bridgehead atoms. The SMILES string of the molecule is CO[C@H]1CN(CC2CCCNC2)C[C@H]1OC.Cl. The number of likely N-dealkylation sites (tertiary alicyclic amines) is 1. The molecule has 0 aromatic rings. The zero-order chi connectivity index (χ0) is 11.4. The Morgan fingerprint density at radius 2 is 1.82 bits per heavy atom. The maximum Gasteiger partial charge on any atom is 0.0971 e. The first-order chi connectivity index (χ1) is 7.83. The molecule has 0 spiro atoms. The van der Waals surface area contributed by atoms with Gasteiger partial charge in [0.1, 0.15) is 0 Å². The van der Waals surface area contributed by atoms with Crippen molar-refractivity contribution in [1.82, 2.24) is 10.2 Å². The highest BCUT2D eigenvalue weighted by atomic mass is 35.5. The second-order valence-electron chi connectivity index (χ2n) is 4.98. The van der Waals surface area contributed by atoms with Crippen molar-refractivity contribution >= 4 is 12.4 Å². The third-order valence-electron chi connectivity index (χ3n) is 3.81. The smallest absolute Gasteiger partial charge is 0.0971 e. The van der Waals surface area contributed by atoms with Crippen LogP contribution >= 0.6 is 12.4 Å². The Hall–Kier alpha value is 0.130. The number of ether oxygens (including phenoxy) is 2. The molecule has 0 aromatic heterocycles. The summed E-state index contributed by atoms with van der Waals surface area (Å²) in [5.41, 5.74) is 0. The summed E-state index contributed by atoms with van der Waals surface area (Å²) in [6.45, 7) is 5.59. The van der Waals surface area contributed by atoms with Gasteiger partial charge in [0.2, 0.25) is 0 Å². The molecule has 1 N–H and O–H groups in total. The summed E-state index contributed by atoms with van der Waals surface area (Å²) in [7, 11) is 3.56. The lowest BCUT2D eigenvalue weighted by Crippen LogP contribution is -2.38. The van der Waals surface area contributed by atoms with Gasteiger partial charge in [0.05, 0.1) is 12.2 Å². The number of hydrogen-bond donors (Lipinski definition) is 1. The molecule has 0 aromatic carbocycles. The van der Waals surface area contributed by atoms with Crippen molar-refractivity contribution in [1.29, 1.82) is 0 Å². The molecule has 102 valence electrons. The third-order valence-corrected chi connectivity index (χ3v) is 3.81. The molecule has 2 fully saturated rings. The number of halogens is 1. The number of methoxy groups -OCH3 is 2. The van der Waals surface area contributed by atoms with Crippen LogP contribution < -0.4 is 5.32 Å². The molecule has 2 saturated heterocycles. The summed E-state index contributed by atoms with van der Waals surface area (Å²) in [4.78, 5) is 2.49. The molecule has 3 atom stereocenters. The first-order valence-corrected chi connectivity index (χ1v) is 6.32. The Bertz CT molecular complexity index is 201. The molecule has 0 amide bonds. The fraction of sp³-hybridized carbons (Fsp3) is 1.00. The zero-order valence-corrected chi connectivity index (χ0v) is 11.7. The van der Waals surface area contributed by atoms with Crippen LogP contribution in [0.4, 0.5) is 0 Å². The molecular formula is C12H25ClN2O2. The van der Waals surface area contributed by atoms with E-state index in [9.17, 15) is 0 Å². The topological polar surface area (TPSA) is 33.7 Å². The average molecular weight is 265 g/mol. The maximum absolute atomic E-state index is 5.45. The Morgan fingerprint density at radius 1 is 1.18 bits per heavy atom. The minimum atomic E-state index is 0. The van der Waals surface area contributed by atoms with E-state index in [-0.39, 0.29) is 24.6 Å². The highest BCUT2D eigenvalue weighted by Gasteiger charge is 2.33. The van der Waals surface area contributed by atoms with E-state index < -0.39 is 0 Å². The first-order valence-electron chi connectivity index (χ1n) is 6.32. The van der Waals surface area contributed by atoms with E-state index in [0.717, 1.165) is 19.0 Å². The fourth-order valence-electron chi connectivity index (χ4n) is 2.87. The second kappa shape index (κ2) is 7.54. The molecular weight excluding hydrogens is 240 g/mol. The summed E-state index contributed by atoms with van der Waals surface area (Å²) in [5.74, 6) is 0.807. The molecule has 2 aliphatic heterocycles. The highest BCUT2D eigenvalue weighted by Crippen LogP contribution is 2.19. The Morgan fingerprint density at radius 3 is 2.29 bits per heavy atom. The van der Waals surface area contributed by atoms with Gasteiger partial charge in [-0.1, -0.05) is 0 Å². The van der Waals surface area contributed by atoms with Gasteiger partial charge in [-0.15, -0.1) is 12.4 Å². The molecule has 4 nitrogen and oxygen atoms in total. The number of nitrogens with zero attached hydrogens (tertiary/aromatic N) is 1. The van der Waals surface area contributed by atoms with Crippen LogP contribution in [-0.4, -0.2) is 64.1 Å². The molecule has 2 heterocycles. The second-order valence-corrected chi connectivity index (χ2v) is 4.98. The lowest BCUT2D eigenvalue weighted by molar-refractivity contribution is -0.00461. The van der Waals surface area contributed by atoms with E-state index >= 15 is 0 Å². The van der Waals surface area contributed by atoms with Gasteiger partial charge in [0.15, 0.2) is 0 Å². The molecule has 2 rings (SSSR count). The van der Waals surface area contributed by atoms with Crippen molar-refractivity contribution < 1.29 is 9.47 Å². The summed E-state index contributed by atoms with van der Waals surface area (Å²) in [6, 6.07) is 0. The van der Waals surface area contributed by atoms with Crippen LogP contribution in [0.25, 0.3) is 0 Å². The molecule has 5 heteroatoms. The van der Waals surface area contributed by atoms with Gasteiger partial charge in [-0.3, -0.25) is 4.90 Å². The quantitative estimate of drug-likeness (QED) is 0.813. The summed E-state index contributed by atoms with van der Waals surface area (Å²) in [5, 5.41) is 3.47. The number of hydrogen-bond acceptors (Lipinski definition) is 4. The van der Waals surface area contributed by atoms with E-state index in [1.165, 1.54) is 32.5 Å². The lowest BCUT2D eigenvalue weighted by Gasteiger charge is -2.27. The van der Waals surface area contributed by atoms with E-state index in [4.69, 9.17) is 9.47 Å². The molecule has 0 saturated carbocycles. The minimum absolute atomic E-state index is 0. The Labute approximate surface area is 110 Å². The van der Waals surface area contributed by atoms with E-state index in [2.05, 4.69) is 10.2 Å². The normalized spacial score (nSPS) is 34.6. The van der Waals surface area contributed by atoms with Gasteiger partial charge in [-0.2, -0.15) is 0 Å². The van der Waals surface area contributed by atoms with E-state index in [1.54, 1.807) is 14.2 Å². The Balaban J connectivity index is 0.00000144. The predicted octanol–water partition coefficient (Wildman–Crippen LogP) is 0.753. The van der Waals surface area contributed by atoms with Gasteiger partial charge >= 0.3 is 0 Å². The highest BCUT2D eigenvalue weighted by molar-refractivity contribution is 5.85. The third kappa shape index (κ3) is 4.07. The van der Waals surface area contributed by atoms with Crippen LogP contribution in [0.5, 0.6) is 0 Å². The molecule has 1 unspecified atom stereocenters. The summed E-state index contributed by atoms with van der Waals surface area (Å²) < 4.78 is 10.9. The molecule has 17 heavy (non-hydrogen) atoms. The van der Waals surface area contributed by atoms with Crippen molar-refractivity contribution in [3.05, 3.63) is 0 Å². The standard InChI is InChI=1S/C12H24N2O2.ClH/c1-15-11-8-14(9-12(11)16-2)7-10-4-3-5-13-6-10;/h10-13H,3-9H2,1-2H3;1H/t10?,11-,12+;. The van der Waals surface area contributed by atoms with Crippen molar-refractivity contribution in [2.75, 3.05) is 46.9 Å². The van der Waals surface area contributed by atoms with Crippen molar-refractivity contribution in [3.63, 3.8) is 0 Å². The predicted molar refractivity (Wildman–Crippen MR) is 70.9 cm³/mol. The average Bonchev–Trinajstić information content (AvgIpc) is 2.72. The van der Waals surface area contributed by atoms with E-state index in [1.807, 2.05) is 0 Å². The van der Waals surface area contributed by atoms with Gasteiger partial charge in [-0.05, 0) is 31.8 Å². The lowest BCUT2D eigenvalue weighted by atomic mass is 9.99. The molecule has 0 aliphatic carbocycles. The number of rotatable bonds is 4. The largest absolute Gasteiger partial charge is 0.377 e. The van der Waals surface area contributed by atoms with Crippen molar-refractivity contribution in [2.45, 2.75) is 25.0 Å². The van der Waals surface area contributed by atoms with Crippen LogP contribution in [-0.2, 0) is 9.47 Å². The first kappa shape index (κ1) is 15.2. The minimum Gasteiger partial charge on any atom is -0.377 e. The van der Waals surface area contributed by atoms with Crippen LogP contribution in [0.1, 0.15) is 12.8 Å². The van der Waals surface area contributed by atoms with Gasteiger partial charge in [0.25, 0.3) is 0 Å². The van der Waals surface area contributed by atoms with Gasteiger partial charge < -0.3 is 14.8 Å². The van der Waals surface area contributed by atoms with Crippen LogP contribution in [0, 0.1) is 5.92 Å². The zero-order valence-electron chi connectivity index (χ0n) is 10.9. The summed E-state index contributed by atoms with van der Waals surface area (Å²) >= 11 is 0. The maximum atomic E-state index is 5.45. The van der Waals surface area contributed by atoms with E-state index in [0.29, 0.717) is 0 Å². The fourth-order valence-corrected chi connectivity index (χ4v) is 2.87. The van der Waals surface area contributed by atoms with Gasteiger partial charge in [0, 0.05) is 33.9 Å². The van der Waals surface area contributed by atoms with Crippen molar-refractivity contribution in [3.8, 4) is 0 Å². The van der Waals surface area contributed by atoms with Crippen LogP contribution in [0.3, 0.4) is 0 Å². The molecule has 2 aliphatic rings. The van der Waals surface area contributed by atoms with Gasteiger partial charge in [-0.25, -0.2) is 0 Å².